The lowest BCUT2D eigenvalue weighted by Crippen LogP contribution is -2.08. The quantitative estimate of drug-likeness (QED) is 0.808. The summed E-state index contributed by atoms with van der Waals surface area (Å²) in [6.07, 6.45) is 10.4. The summed E-state index contributed by atoms with van der Waals surface area (Å²) in [6, 6.07) is 9.97. The summed E-state index contributed by atoms with van der Waals surface area (Å²) in [5, 5.41) is 9.80. The summed E-state index contributed by atoms with van der Waals surface area (Å²) in [5.41, 5.74) is 4.69. The first-order valence-electron chi connectivity index (χ1n) is 7.69. The van der Waals surface area contributed by atoms with E-state index in [1.807, 2.05) is 30.3 Å². The van der Waals surface area contributed by atoms with Crippen molar-refractivity contribution >= 4 is 11.5 Å². The molecule has 0 aromatic heterocycles. The fourth-order valence-corrected chi connectivity index (χ4v) is 3.30. The molecule has 0 spiro atoms. The van der Waals surface area contributed by atoms with Crippen LogP contribution in [0.15, 0.2) is 59.2 Å². The molecule has 1 aromatic carbocycles. The number of carboxylic acids is 1. The number of aliphatic carboxylic acids is 1. The number of benzene rings is 1. The van der Waals surface area contributed by atoms with Gasteiger partial charge in [-0.05, 0) is 60.8 Å². The standard InChI is InChI=1S/C19H20O2/c20-19(21)18(16-12-6-7-13-16)17(15-10-4-5-11-15)14-8-2-1-3-9-14/h1-3,8-10,12H,4-7,11,13H2,(H,20,21). The highest BCUT2D eigenvalue weighted by molar-refractivity contribution is 6.04. The van der Waals surface area contributed by atoms with Gasteiger partial charge in [-0.15, -0.1) is 0 Å². The smallest absolute Gasteiger partial charge is 0.336 e. The molecule has 0 aliphatic heterocycles. The van der Waals surface area contributed by atoms with E-state index in [-0.39, 0.29) is 0 Å². The summed E-state index contributed by atoms with van der Waals surface area (Å²) in [7, 11) is 0. The van der Waals surface area contributed by atoms with Crippen LogP contribution in [0.25, 0.3) is 5.57 Å². The van der Waals surface area contributed by atoms with Crippen molar-refractivity contribution in [3.05, 3.63) is 64.8 Å². The second-order valence-corrected chi connectivity index (χ2v) is 5.66. The zero-order valence-corrected chi connectivity index (χ0v) is 12.1. The van der Waals surface area contributed by atoms with Gasteiger partial charge >= 0.3 is 5.97 Å². The van der Waals surface area contributed by atoms with Crippen LogP contribution in [-0.4, -0.2) is 11.1 Å². The number of rotatable bonds is 4. The largest absolute Gasteiger partial charge is 0.478 e. The van der Waals surface area contributed by atoms with Crippen molar-refractivity contribution in [3.63, 3.8) is 0 Å². The van der Waals surface area contributed by atoms with E-state index < -0.39 is 5.97 Å². The van der Waals surface area contributed by atoms with Gasteiger partial charge in [0.25, 0.3) is 0 Å². The average molecular weight is 280 g/mol. The molecule has 1 aromatic rings. The monoisotopic (exact) mass is 280 g/mol. The van der Waals surface area contributed by atoms with Crippen LogP contribution in [0.2, 0.25) is 0 Å². The maximum absolute atomic E-state index is 11.9. The van der Waals surface area contributed by atoms with Crippen LogP contribution in [0.4, 0.5) is 0 Å². The highest BCUT2D eigenvalue weighted by Gasteiger charge is 2.24. The minimum Gasteiger partial charge on any atom is -0.478 e. The molecule has 0 amide bonds. The Balaban J connectivity index is 2.20. The molecule has 21 heavy (non-hydrogen) atoms. The lowest BCUT2D eigenvalue weighted by atomic mass is 9.88. The fraction of sp³-hybridized carbons (Fsp3) is 0.316. The predicted octanol–water partition coefficient (Wildman–Crippen LogP) is 4.75. The van der Waals surface area contributed by atoms with Gasteiger partial charge in [0.2, 0.25) is 0 Å². The van der Waals surface area contributed by atoms with Crippen molar-refractivity contribution in [2.45, 2.75) is 38.5 Å². The number of allylic oxidation sites excluding steroid dienone is 4. The van der Waals surface area contributed by atoms with E-state index in [2.05, 4.69) is 12.2 Å². The van der Waals surface area contributed by atoms with Crippen molar-refractivity contribution in [1.29, 1.82) is 0 Å². The lowest BCUT2D eigenvalue weighted by molar-refractivity contribution is -0.132. The van der Waals surface area contributed by atoms with Crippen LogP contribution in [-0.2, 0) is 4.79 Å². The average Bonchev–Trinajstić information content (AvgIpc) is 3.18. The molecule has 2 aliphatic rings. The third-order valence-electron chi connectivity index (χ3n) is 4.25. The third-order valence-corrected chi connectivity index (χ3v) is 4.25. The fourth-order valence-electron chi connectivity index (χ4n) is 3.30. The molecular weight excluding hydrogens is 260 g/mol. The van der Waals surface area contributed by atoms with Gasteiger partial charge in [0.1, 0.15) is 0 Å². The molecule has 0 radical (unpaired) electrons. The molecule has 0 bridgehead atoms. The first kappa shape index (κ1) is 13.9. The van der Waals surface area contributed by atoms with Gasteiger partial charge in [0, 0.05) is 0 Å². The number of carbonyl (C=O) groups is 1. The summed E-state index contributed by atoms with van der Waals surface area (Å²) >= 11 is 0. The molecule has 1 N–H and O–H groups in total. The van der Waals surface area contributed by atoms with Gasteiger partial charge in [-0.25, -0.2) is 4.79 Å². The summed E-state index contributed by atoms with van der Waals surface area (Å²) in [6.45, 7) is 0. The molecule has 2 aliphatic carbocycles. The van der Waals surface area contributed by atoms with Crippen molar-refractivity contribution in [2.75, 3.05) is 0 Å². The van der Waals surface area contributed by atoms with Crippen LogP contribution >= 0.6 is 0 Å². The van der Waals surface area contributed by atoms with E-state index in [1.54, 1.807) is 0 Å². The molecule has 0 unspecified atom stereocenters. The summed E-state index contributed by atoms with van der Waals surface area (Å²) in [4.78, 5) is 11.9. The van der Waals surface area contributed by atoms with E-state index in [1.165, 1.54) is 5.57 Å². The first-order chi connectivity index (χ1) is 10.3. The van der Waals surface area contributed by atoms with E-state index >= 15 is 0 Å². The Bertz CT molecular complexity index is 633. The molecule has 0 heterocycles. The molecule has 3 rings (SSSR count). The van der Waals surface area contributed by atoms with E-state index in [4.69, 9.17) is 0 Å². The minimum absolute atomic E-state index is 0.520. The summed E-state index contributed by atoms with van der Waals surface area (Å²) in [5.74, 6) is -0.796. The zero-order valence-electron chi connectivity index (χ0n) is 12.1. The normalized spacial score (nSPS) is 19.0. The Morgan fingerprint density at radius 3 is 2.05 bits per heavy atom. The Labute approximate surface area is 125 Å². The minimum atomic E-state index is -0.796. The van der Waals surface area contributed by atoms with Crippen molar-refractivity contribution in [1.82, 2.24) is 0 Å². The van der Waals surface area contributed by atoms with E-state index in [0.717, 1.165) is 55.2 Å². The van der Waals surface area contributed by atoms with Gasteiger partial charge in [-0.1, -0.05) is 42.5 Å². The van der Waals surface area contributed by atoms with Gasteiger partial charge in [-0.3, -0.25) is 0 Å². The second-order valence-electron chi connectivity index (χ2n) is 5.66. The molecule has 2 nitrogen and oxygen atoms in total. The predicted molar refractivity (Wildman–Crippen MR) is 84.9 cm³/mol. The molecule has 0 saturated carbocycles. The van der Waals surface area contributed by atoms with E-state index in [0.29, 0.717) is 5.57 Å². The van der Waals surface area contributed by atoms with Gasteiger partial charge in [0.15, 0.2) is 0 Å². The topological polar surface area (TPSA) is 37.3 Å². The van der Waals surface area contributed by atoms with Gasteiger partial charge in [-0.2, -0.15) is 0 Å². The van der Waals surface area contributed by atoms with Crippen LogP contribution in [0.1, 0.15) is 44.1 Å². The summed E-state index contributed by atoms with van der Waals surface area (Å²) < 4.78 is 0. The van der Waals surface area contributed by atoms with Crippen molar-refractivity contribution in [2.24, 2.45) is 0 Å². The second kappa shape index (κ2) is 6.13. The zero-order chi connectivity index (χ0) is 14.7. The van der Waals surface area contributed by atoms with Crippen molar-refractivity contribution in [3.8, 4) is 0 Å². The Kier molecular flexibility index (Phi) is 4.05. The first-order valence-corrected chi connectivity index (χ1v) is 7.69. The number of carboxylic acid groups (broad SMARTS) is 1. The highest BCUT2D eigenvalue weighted by Crippen LogP contribution is 2.38. The van der Waals surface area contributed by atoms with Crippen LogP contribution < -0.4 is 0 Å². The van der Waals surface area contributed by atoms with Crippen LogP contribution in [0.3, 0.4) is 0 Å². The lowest BCUT2D eigenvalue weighted by Gasteiger charge is -2.15. The SMILES string of the molecule is O=C(O)C(C1=CCCC1)=C(C1=CCCC1)c1ccccc1. The van der Waals surface area contributed by atoms with Crippen molar-refractivity contribution < 1.29 is 9.90 Å². The molecular formula is C19H20O2. The van der Waals surface area contributed by atoms with Gasteiger partial charge < -0.3 is 5.11 Å². The molecule has 0 saturated heterocycles. The van der Waals surface area contributed by atoms with Gasteiger partial charge in [0.05, 0.1) is 5.57 Å². The molecule has 0 atom stereocenters. The van der Waals surface area contributed by atoms with Crippen LogP contribution in [0.5, 0.6) is 0 Å². The van der Waals surface area contributed by atoms with E-state index in [9.17, 15) is 9.90 Å². The number of hydrogen-bond acceptors (Lipinski definition) is 1. The van der Waals surface area contributed by atoms with Crippen LogP contribution in [0, 0.1) is 0 Å². The number of hydrogen-bond donors (Lipinski definition) is 1. The molecule has 2 heteroatoms. The Morgan fingerprint density at radius 2 is 1.52 bits per heavy atom. The maximum Gasteiger partial charge on any atom is 0.336 e. The molecule has 108 valence electrons. The Morgan fingerprint density at radius 1 is 0.905 bits per heavy atom. The molecule has 0 fully saturated rings. The maximum atomic E-state index is 11.9. The Hall–Kier alpha value is -2.09. The highest BCUT2D eigenvalue weighted by atomic mass is 16.4. The third kappa shape index (κ3) is 2.85.